The van der Waals surface area contributed by atoms with Crippen molar-refractivity contribution in [3.8, 4) is 5.82 Å². The number of nitrogens with zero attached hydrogens (tertiary/aromatic N) is 6. The zero-order valence-corrected chi connectivity index (χ0v) is 15.5. The molecule has 0 bridgehead atoms. The van der Waals surface area contributed by atoms with Crippen molar-refractivity contribution in [2.75, 3.05) is 5.73 Å². The van der Waals surface area contributed by atoms with Crippen LogP contribution in [-0.4, -0.2) is 37.4 Å². The van der Waals surface area contributed by atoms with Crippen LogP contribution in [0.5, 0.6) is 0 Å². The van der Waals surface area contributed by atoms with E-state index in [-0.39, 0.29) is 23.2 Å². The highest BCUT2D eigenvalue weighted by Gasteiger charge is 2.25. The molecule has 26 heavy (non-hydrogen) atoms. The van der Waals surface area contributed by atoms with E-state index in [9.17, 15) is 4.79 Å². The maximum absolute atomic E-state index is 12.5. The minimum atomic E-state index is -0.499. The number of hydrogen-bond acceptors (Lipinski definition) is 8. The molecule has 0 fully saturated rings. The number of nitrogens with one attached hydrogen (secondary N) is 1. The topological polar surface area (TPSA) is 137 Å². The van der Waals surface area contributed by atoms with Crippen LogP contribution in [0.1, 0.15) is 41.5 Å². The Bertz CT molecular complexity index is 962. The molecule has 0 aliphatic heterocycles. The van der Waals surface area contributed by atoms with Gasteiger partial charge in [-0.25, -0.2) is 10.1 Å². The van der Waals surface area contributed by atoms with Crippen LogP contribution in [0.3, 0.4) is 0 Å². The van der Waals surface area contributed by atoms with Crippen LogP contribution in [0.15, 0.2) is 38.5 Å². The number of benzene rings is 1. The molecule has 0 radical (unpaired) electrons. The zero-order valence-electron chi connectivity index (χ0n) is 13.9. The molecule has 0 unspecified atom stereocenters. The van der Waals surface area contributed by atoms with E-state index in [1.54, 1.807) is 0 Å². The summed E-state index contributed by atoms with van der Waals surface area (Å²) in [7, 11) is 0. The number of nitrogen functional groups attached to an aromatic ring is 1. The number of amides is 1. The van der Waals surface area contributed by atoms with Crippen molar-refractivity contribution in [2.45, 2.75) is 19.8 Å². The van der Waals surface area contributed by atoms with E-state index in [1.165, 1.54) is 10.9 Å². The SMILES string of the molecule is CC(C)c1c(C(=O)N/N=C/c2cccc(Br)c2)nnn1-c1nonc1N. The average Bonchev–Trinajstić information content (AvgIpc) is 3.20. The lowest BCUT2D eigenvalue weighted by Gasteiger charge is -2.08. The van der Waals surface area contributed by atoms with Gasteiger partial charge in [0.1, 0.15) is 0 Å². The van der Waals surface area contributed by atoms with Crippen LogP contribution < -0.4 is 11.2 Å². The standard InChI is InChI=1S/C15H15BrN8O2/c1-8(2)12-11(19-23-24(12)14-13(17)21-26-22-14)15(25)20-18-7-9-4-3-5-10(16)6-9/h3-8H,1-2H3,(H2,17,21)(H,20,25)/b18-7+. The number of carbonyl (C=O) groups excluding carboxylic acids is 1. The van der Waals surface area contributed by atoms with Crippen molar-refractivity contribution in [1.82, 2.24) is 30.7 Å². The third-order valence-electron chi connectivity index (χ3n) is 3.39. The van der Waals surface area contributed by atoms with E-state index in [2.05, 4.69) is 51.7 Å². The van der Waals surface area contributed by atoms with Gasteiger partial charge >= 0.3 is 0 Å². The summed E-state index contributed by atoms with van der Waals surface area (Å²) in [6, 6.07) is 7.49. The van der Waals surface area contributed by atoms with E-state index < -0.39 is 5.91 Å². The molecule has 134 valence electrons. The third kappa shape index (κ3) is 3.61. The lowest BCUT2D eigenvalue weighted by Crippen LogP contribution is -2.21. The lowest BCUT2D eigenvalue weighted by atomic mass is 10.1. The fourth-order valence-electron chi connectivity index (χ4n) is 2.27. The summed E-state index contributed by atoms with van der Waals surface area (Å²) in [5.74, 6) is -0.355. The van der Waals surface area contributed by atoms with Crippen molar-refractivity contribution in [3.05, 3.63) is 45.7 Å². The number of rotatable bonds is 5. The summed E-state index contributed by atoms with van der Waals surface area (Å²) < 4.78 is 6.84. The number of aromatic nitrogens is 5. The molecule has 2 aromatic heterocycles. The van der Waals surface area contributed by atoms with Crippen molar-refractivity contribution < 1.29 is 9.42 Å². The minimum Gasteiger partial charge on any atom is -0.378 e. The Kier molecular flexibility index (Phi) is 5.07. The monoisotopic (exact) mass is 418 g/mol. The quantitative estimate of drug-likeness (QED) is 0.476. The highest BCUT2D eigenvalue weighted by molar-refractivity contribution is 9.10. The van der Waals surface area contributed by atoms with E-state index >= 15 is 0 Å². The molecule has 0 spiro atoms. The minimum absolute atomic E-state index is 0.0523. The molecule has 3 rings (SSSR count). The number of nitrogens with two attached hydrogens (primary N) is 1. The number of hydrazone groups is 1. The van der Waals surface area contributed by atoms with Gasteiger partial charge < -0.3 is 5.73 Å². The molecular formula is C15H15BrN8O2. The molecule has 3 aromatic rings. The molecule has 0 aliphatic carbocycles. The van der Waals surface area contributed by atoms with Gasteiger partial charge in [0.25, 0.3) is 5.91 Å². The van der Waals surface area contributed by atoms with Gasteiger partial charge in [0.05, 0.1) is 11.9 Å². The molecule has 0 aliphatic rings. The first-order valence-corrected chi connectivity index (χ1v) is 8.39. The van der Waals surface area contributed by atoms with Gasteiger partial charge in [0, 0.05) is 4.47 Å². The third-order valence-corrected chi connectivity index (χ3v) is 3.88. The van der Waals surface area contributed by atoms with Crippen LogP contribution >= 0.6 is 15.9 Å². The molecule has 0 saturated carbocycles. The van der Waals surface area contributed by atoms with E-state index in [0.717, 1.165) is 10.0 Å². The maximum Gasteiger partial charge on any atom is 0.293 e. The van der Waals surface area contributed by atoms with E-state index in [1.807, 2.05) is 38.1 Å². The summed E-state index contributed by atoms with van der Waals surface area (Å²) in [4.78, 5) is 12.5. The van der Waals surface area contributed by atoms with Gasteiger partial charge in [-0.05, 0) is 33.9 Å². The summed E-state index contributed by atoms with van der Waals surface area (Å²) in [6.45, 7) is 3.78. The highest BCUT2D eigenvalue weighted by atomic mass is 79.9. The Balaban J connectivity index is 1.83. The molecule has 11 heteroatoms. The Morgan fingerprint density at radius 3 is 2.88 bits per heavy atom. The van der Waals surface area contributed by atoms with E-state index in [4.69, 9.17) is 5.73 Å². The van der Waals surface area contributed by atoms with Crippen LogP contribution in [0, 0.1) is 0 Å². The Labute approximate surface area is 156 Å². The second-order valence-corrected chi connectivity index (χ2v) is 6.53. The molecule has 1 aromatic carbocycles. The second-order valence-electron chi connectivity index (χ2n) is 5.62. The summed E-state index contributed by atoms with van der Waals surface area (Å²) in [5.41, 5.74) is 9.61. The normalized spacial score (nSPS) is 11.4. The number of anilines is 1. The summed E-state index contributed by atoms with van der Waals surface area (Å²) >= 11 is 3.37. The Morgan fingerprint density at radius 1 is 1.42 bits per heavy atom. The van der Waals surface area contributed by atoms with Gasteiger partial charge in [-0.3, -0.25) is 4.79 Å². The smallest absolute Gasteiger partial charge is 0.293 e. The predicted octanol–water partition coefficient (Wildman–Crippen LogP) is 1.88. The maximum atomic E-state index is 12.5. The molecule has 10 nitrogen and oxygen atoms in total. The highest BCUT2D eigenvalue weighted by Crippen LogP contribution is 2.22. The molecule has 0 saturated heterocycles. The van der Waals surface area contributed by atoms with Gasteiger partial charge in [0.15, 0.2) is 5.69 Å². The van der Waals surface area contributed by atoms with Gasteiger partial charge in [0.2, 0.25) is 11.6 Å². The number of halogens is 1. The molecule has 2 heterocycles. The first-order valence-electron chi connectivity index (χ1n) is 7.60. The predicted molar refractivity (Wildman–Crippen MR) is 96.9 cm³/mol. The lowest BCUT2D eigenvalue weighted by molar-refractivity contribution is 0.0948. The first-order chi connectivity index (χ1) is 12.5. The second kappa shape index (κ2) is 7.44. The fourth-order valence-corrected chi connectivity index (χ4v) is 2.69. The van der Waals surface area contributed by atoms with Crippen molar-refractivity contribution in [1.29, 1.82) is 0 Å². The summed E-state index contributed by atoms with van der Waals surface area (Å²) in [6.07, 6.45) is 1.53. The van der Waals surface area contributed by atoms with Crippen LogP contribution in [0.4, 0.5) is 5.82 Å². The largest absolute Gasteiger partial charge is 0.378 e. The Hall–Kier alpha value is -3.08. The number of carbonyl (C=O) groups is 1. The first kappa shape index (κ1) is 17.7. The average molecular weight is 419 g/mol. The van der Waals surface area contributed by atoms with E-state index in [0.29, 0.717) is 5.69 Å². The molecule has 3 N–H and O–H groups in total. The molecule has 1 amide bonds. The van der Waals surface area contributed by atoms with Gasteiger partial charge in [-0.15, -0.1) is 5.10 Å². The Morgan fingerprint density at radius 2 is 2.23 bits per heavy atom. The van der Waals surface area contributed by atoms with Crippen LogP contribution in [0.2, 0.25) is 0 Å². The van der Waals surface area contributed by atoms with Crippen LogP contribution in [0.25, 0.3) is 5.82 Å². The number of hydrogen-bond donors (Lipinski definition) is 2. The molecule has 0 atom stereocenters. The van der Waals surface area contributed by atoms with Crippen LogP contribution in [-0.2, 0) is 0 Å². The van der Waals surface area contributed by atoms with Crippen molar-refractivity contribution in [2.24, 2.45) is 5.10 Å². The van der Waals surface area contributed by atoms with Crippen molar-refractivity contribution >= 4 is 33.9 Å². The zero-order chi connectivity index (χ0) is 18.7. The van der Waals surface area contributed by atoms with Gasteiger partial charge in [-0.2, -0.15) is 9.78 Å². The van der Waals surface area contributed by atoms with Crippen molar-refractivity contribution in [3.63, 3.8) is 0 Å². The summed E-state index contributed by atoms with van der Waals surface area (Å²) in [5, 5.41) is 19.0. The molecular weight excluding hydrogens is 404 g/mol. The van der Waals surface area contributed by atoms with Gasteiger partial charge in [-0.1, -0.05) is 47.1 Å². The fraction of sp³-hybridized carbons (Fsp3) is 0.200.